The predicted octanol–water partition coefficient (Wildman–Crippen LogP) is 5.50. The lowest BCUT2D eigenvalue weighted by Crippen LogP contribution is -2.38. The number of unbranched alkanes of at least 4 members (excludes halogenated alkanes) is 1. The predicted molar refractivity (Wildman–Crippen MR) is 115 cm³/mol. The Morgan fingerprint density at radius 3 is 2.04 bits per heavy atom. The molecular formula is C23H31NO3S. The molecule has 0 radical (unpaired) electrons. The van der Waals surface area contributed by atoms with Crippen molar-refractivity contribution in [2.24, 2.45) is 5.41 Å². The van der Waals surface area contributed by atoms with Gasteiger partial charge in [0, 0.05) is 6.42 Å². The van der Waals surface area contributed by atoms with E-state index < -0.39 is 15.9 Å². The Balaban J connectivity index is 2.47. The van der Waals surface area contributed by atoms with Gasteiger partial charge >= 0.3 is 0 Å². The summed E-state index contributed by atoms with van der Waals surface area (Å²) >= 11 is 0. The second-order valence-electron chi connectivity index (χ2n) is 8.48. The van der Waals surface area contributed by atoms with E-state index in [9.17, 15) is 13.2 Å². The molecule has 4 nitrogen and oxygen atoms in total. The number of carbonyl (C=O) groups is 1. The highest BCUT2D eigenvalue weighted by molar-refractivity contribution is 7.93. The lowest BCUT2D eigenvalue weighted by Gasteiger charge is -2.26. The molecule has 2 rings (SSSR count). The summed E-state index contributed by atoms with van der Waals surface area (Å²) < 4.78 is 27.6. The Hall–Kier alpha value is -2.14. The molecule has 1 amide bonds. The zero-order valence-electron chi connectivity index (χ0n) is 17.5. The van der Waals surface area contributed by atoms with E-state index in [0.29, 0.717) is 5.69 Å². The number of sulfonamides is 1. The molecule has 0 saturated heterocycles. The lowest BCUT2D eigenvalue weighted by molar-refractivity contribution is -0.119. The van der Waals surface area contributed by atoms with E-state index in [0.717, 1.165) is 34.7 Å². The minimum absolute atomic E-state index is 0.121. The second-order valence-corrected chi connectivity index (χ2v) is 10.3. The number of anilines is 1. The van der Waals surface area contributed by atoms with E-state index in [-0.39, 0.29) is 16.7 Å². The fraction of sp³-hybridized carbons (Fsp3) is 0.435. The number of aryl methyl sites for hydroxylation is 2. The van der Waals surface area contributed by atoms with Crippen molar-refractivity contribution in [2.75, 3.05) is 4.31 Å². The number of carbonyl (C=O) groups excluding carboxylic acids is 1. The molecule has 0 aliphatic heterocycles. The molecule has 0 heterocycles. The van der Waals surface area contributed by atoms with E-state index >= 15 is 0 Å². The molecule has 0 N–H and O–H groups in total. The molecule has 0 aliphatic rings. The molecule has 0 spiro atoms. The maximum atomic E-state index is 13.3. The van der Waals surface area contributed by atoms with Gasteiger partial charge in [0.15, 0.2) is 0 Å². The molecule has 0 fully saturated rings. The molecule has 0 atom stereocenters. The Morgan fingerprint density at radius 2 is 1.54 bits per heavy atom. The smallest absolute Gasteiger partial charge is 0.270 e. The Morgan fingerprint density at radius 1 is 0.964 bits per heavy atom. The van der Waals surface area contributed by atoms with Crippen LogP contribution in [-0.4, -0.2) is 14.3 Å². The molecular weight excluding hydrogens is 370 g/mol. The van der Waals surface area contributed by atoms with Crippen molar-refractivity contribution in [2.45, 2.75) is 65.2 Å². The summed E-state index contributed by atoms with van der Waals surface area (Å²) in [4.78, 5) is 13.2. The highest BCUT2D eigenvalue weighted by atomic mass is 32.2. The minimum atomic E-state index is -3.99. The SMILES string of the molecule is CCCCc1ccc(N(C(=O)CC(C)(C)C)S(=O)(=O)c2ccc(C)cc2)cc1. The number of rotatable bonds is 7. The topological polar surface area (TPSA) is 54.5 Å². The molecule has 0 aliphatic carbocycles. The largest absolute Gasteiger partial charge is 0.273 e. The molecule has 0 saturated carbocycles. The molecule has 28 heavy (non-hydrogen) atoms. The van der Waals surface area contributed by atoms with Gasteiger partial charge in [-0.05, 0) is 55.0 Å². The first-order valence-corrected chi connectivity index (χ1v) is 11.2. The van der Waals surface area contributed by atoms with Gasteiger partial charge < -0.3 is 0 Å². The van der Waals surface area contributed by atoms with Crippen LogP contribution in [0.1, 0.15) is 58.1 Å². The van der Waals surface area contributed by atoms with Gasteiger partial charge in [0.1, 0.15) is 0 Å². The molecule has 0 bridgehead atoms. The Labute approximate surface area is 169 Å². The van der Waals surface area contributed by atoms with Gasteiger partial charge in [-0.3, -0.25) is 4.79 Å². The molecule has 2 aromatic carbocycles. The maximum Gasteiger partial charge on any atom is 0.270 e. The third kappa shape index (κ3) is 5.68. The van der Waals surface area contributed by atoms with E-state index in [2.05, 4.69) is 6.92 Å². The Kier molecular flexibility index (Phi) is 7.05. The van der Waals surface area contributed by atoms with Crippen molar-refractivity contribution in [3.63, 3.8) is 0 Å². The van der Waals surface area contributed by atoms with Crippen LogP contribution in [-0.2, 0) is 21.2 Å². The third-order valence-corrected chi connectivity index (χ3v) is 6.22. The van der Waals surface area contributed by atoms with E-state index in [4.69, 9.17) is 0 Å². The molecule has 0 aromatic heterocycles. The van der Waals surface area contributed by atoms with Gasteiger partial charge in [-0.15, -0.1) is 0 Å². The Bertz CT molecular complexity index is 892. The zero-order chi connectivity index (χ0) is 20.9. The van der Waals surface area contributed by atoms with E-state index in [1.165, 1.54) is 0 Å². The van der Waals surface area contributed by atoms with E-state index in [1.54, 1.807) is 36.4 Å². The van der Waals surface area contributed by atoms with Gasteiger partial charge in [0.25, 0.3) is 10.0 Å². The summed E-state index contributed by atoms with van der Waals surface area (Å²) in [5, 5.41) is 0. The molecule has 0 unspecified atom stereocenters. The average molecular weight is 402 g/mol. The number of nitrogens with zero attached hydrogens (tertiary/aromatic N) is 1. The summed E-state index contributed by atoms with van der Waals surface area (Å²) in [6.45, 7) is 9.81. The van der Waals surface area contributed by atoms with Crippen LogP contribution in [0.3, 0.4) is 0 Å². The van der Waals surface area contributed by atoms with Crippen molar-refractivity contribution < 1.29 is 13.2 Å². The summed E-state index contributed by atoms with van der Waals surface area (Å²) in [5.41, 5.74) is 2.17. The van der Waals surface area contributed by atoms with E-state index in [1.807, 2.05) is 39.8 Å². The van der Waals surface area contributed by atoms with Crippen molar-refractivity contribution in [3.8, 4) is 0 Å². The van der Waals surface area contributed by atoms with Crippen LogP contribution in [0.5, 0.6) is 0 Å². The lowest BCUT2D eigenvalue weighted by atomic mass is 9.92. The summed E-state index contributed by atoms with van der Waals surface area (Å²) in [6.07, 6.45) is 3.25. The average Bonchev–Trinajstić information content (AvgIpc) is 2.60. The number of hydrogen-bond donors (Lipinski definition) is 0. The normalized spacial score (nSPS) is 12.0. The first kappa shape index (κ1) is 22.2. The van der Waals surface area contributed by atoms with Crippen molar-refractivity contribution in [3.05, 3.63) is 59.7 Å². The molecule has 152 valence electrons. The summed E-state index contributed by atoms with van der Waals surface area (Å²) in [6, 6.07) is 13.9. The van der Waals surface area contributed by atoms with Crippen LogP contribution in [0.2, 0.25) is 0 Å². The van der Waals surface area contributed by atoms with Crippen LogP contribution in [0, 0.1) is 12.3 Å². The van der Waals surface area contributed by atoms with Crippen LogP contribution in [0.15, 0.2) is 53.4 Å². The first-order valence-electron chi connectivity index (χ1n) is 9.78. The van der Waals surface area contributed by atoms with Crippen molar-refractivity contribution in [1.29, 1.82) is 0 Å². The second kappa shape index (κ2) is 8.91. The monoisotopic (exact) mass is 401 g/mol. The number of benzene rings is 2. The minimum Gasteiger partial charge on any atom is -0.273 e. The number of amides is 1. The van der Waals surface area contributed by atoms with Crippen LogP contribution in [0.4, 0.5) is 5.69 Å². The summed E-state index contributed by atoms with van der Waals surface area (Å²) in [5.74, 6) is -0.422. The van der Waals surface area contributed by atoms with Crippen molar-refractivity contribution in [1.82, 2.24) is 0 Å². The fourth-order valence-corrected chi connectivity index (χ4v) is 4.36. The van der Waals surface area contributed by atoms with Crippen LogP contribution >= 0.6 is 0 Å². The summed E-state index contributed by atoms with van der Waals surface area (Å²) in [7, 11) is -3.99. The van der Waals surface area contributed by atoms with Gasteiger partial charge in [-0.25, -0.2) is 12.7 Å². The first-order chi connectivity index (χ1) is 13.0. The quantitative estimate of drug-likeness (QED) is 0.616. The van der Waals surface area contributed by atoms with Gasteiger partial charge in [-0.2, -0.15) is 0 Å². The van der Waals surface area contributed by atoms with Crippen LogP contribution < -0.4 is 4.31 Å². The fourth-order valence-electron chi connectivity index (χ4n) is 2.94. The zero-order valence-corrected chi connectivity index (χ0v) is 18.3. The number of hydrogen-bond acceptors (Lipinski definition) is 3. The molecule has 2 aromatic rings. The highest BCUT2D eigenvalue weighted by Crippen LogP contribution is 2.29. The van der Waals surface area contributed by atoms with Crippen molar-refractivity contribution >= 4 is 21.6 Å². The van der Waals surface area contributed by atoms with Crippen LogP contribution in [0.25, 0.3) is 0 Å². The standard InChI is InChI=1S/C23H31NO3S/c1-6-7-8-19-11-13-20(14-12-19)24(22(25)17-23(3,4)5)28(26,27)21-15-9-18(2)10-16-21/h9-16H,6-8,17H2,1-5H3. The molecule has 5 heteroatoms. The van der Waals surface area contributed by atoms with Gasteiger partial charge in [0.2, 0.25) is 5.91 Å². The highest BCUT2D eigenvalue weighted by Gasteiger charge is 2.33. The van der Waals surface area contributed by atoms with Gasteiger partial charge in [-0.1, -0.05) is 63.9 Å². The third-order valence-electron chi connectivity index (χ3n) is 4.46. The maximum absolute atomic E-state index is 13.3. The van der Waals surface area contributed by atoms with Gasteiger partial charge in [0.05, 0.1) is 10.6 Å².